The van der Waals surface area contributed by atoms with Crippen LogP contribution >= 0.6 is 11.3 Å². The van der Waals surface area contributed by atoms with E-state index in [-0.39, 0.29) is 17.7 Å². The molecule has 0 aromatic carbocycles. The van der Waals surface area contributed by atoms with Crippen LogP contribution < -0.4 is 5.73 Å². The number of primary amides is 1. The summed E-state index contributed by atoms with van der Waals surface area (Å²) in [6.45, 7) is 1.27. The number of likely N-dealkylation sites (tertiary alicyclic amines) is 1. The first-order chi connectivity index (χ1) is 9.16. The zero-order valence-corrected chi connectivity index (χ0v) is 11.8. The minimum Gasteiger partial charge on any atom is -0.369 e. The second-order valence-electron chi connectivity index (χ2n) is 5.01. The van der Waals surface area contributed by atoms with E-state index < -0.39 is 0 Å². The van der Waals surface area contributed by atoms with Gasteiger partial charge in [-0.3, -0.25) is 9.59 Å². The fourth-order valence-corrected chi connectivity index (χ4v) is 3.21. The van der Waals surface area contributed by atoms with E-state index in [0.29, 0.717) is 13.0 Å². The van der Waals surface area contributed by atoms with E-state index in [1.165, 1.54) is 4.88 Å². The molecule has 0 bridgehead atoms. The Balaban J connectivity index is 1.74. The summed E-state index contributed by atoms with van der Waals surface area (Å²) in [5, 5.41) is 2.05. The van der Waals surface area contributed by atoms with Gasteiger partial charge in [0.1, 0.15) is 0 Å². The van der Waals surface area contributed by atoms with Gasteiger partial charge in [-0.2, -0.15) is 0 Å². The minimum atomic E-state index is -0.281. The molecular formula is C14H20N2O2S. The molecule has 2 N–H and O–H groups in total. The number of hydrogen-bond acceptors (Lipinski definition) is 3. The van der Waals surface area contributed by atoms with Crippen LogP contribution in [0.2, 0.25) is 0 Å². The molecule has 1 saturated heterocycles. The smallest absolute Gasteiger partial charge is 0.222 e. The van der Waals surface area contributed by atoms with Gasteiger partial charge in [0, 0.05) is 24.4 Å². The maximum Gasteiger partial charge on any atom is 0.222 e. The van der Waals surface area contributed by atoms with Gasteiger partial charge in [0.15, 0.2) is 0 Å². The average Bonchev–Trinajstić information content (AvgIpc) is 2.92. The molecule has 1 aromatic rings. The molecule has 0 saturated carbocycles. The van der Waals surface area contributed by atoms with Crippen molar-refractivity contribution < 1.29 is 9.59 Å². The van der Waals surface area contributed by atoms with E-state index >= 15 is 0 Å². The highest BCUT2D eigenvalue weighted by atomic mass is 32.1. The van der Waals surface area contributed by atoms with E-state index in [1.807, 2.05) is 6.07 Å². The summed E-state index contributed by atoms with van der Waals surface area (Å²) < 4.78 is 0. The van der Waals surface area contributed by atoms with E-state index in [1.54, 1.807) is 16.2 Å². The van der Waals surface area contributed by atoms with Crippen molar-refractivity contribution in [3.8, 4) is 0 Å². The summed E-state index contributed by atoms with van der Waals surface area (Å²) in [4.78, 5) is 26.4. The van der Waals surface area contributed by atoms with Crippen molar-refractivity contribution in [3.63, 3.8) is 0 Å². The SMILES string of the molecule is NC(=O)C1CCCN(C(=O)CCCc2cccs2)C1. The van der Waals surface area contributed by atoms with Crippen molar-refractivity contribution in [2.75, 3.05) is 13.1 Å². The number of thiophene rings is 1. The molecule has 0 aliphatic carbocycles. The molecule has 5 heteroatoms. The number of piperidine rings is 1. The van der Waals surface area contributed by atoms with Crippen LogP contribution in [0.3, 0.4) is 0 Å². The van der Waals surface area contributed by atoms with Gasteiger partial charge in [-0.15, -0.1) is 11.3 Å². The highest BCUT2D eigenvalue weighted by molar-refractivity contribution is 7.09. The normalized spacial score (nSPS) is 19.4. The molecule has 2 heterocycles. The van der Waals surface area contributed by atoms with Crippen molar-refractivity contribution in [2.24, 2.45) is 11.7 Å². The van der Waals surface area contributed by atoms with Gasteiger partial charge in [-0.1, -0.05) is 6.07 Å². The van der Waals surface area contributed by atoms with Crippen LogP contribution in [0.25, 0.3) is 0 Å². The molecule has 19 heavy (non-hydrogen) atoms. The van der Waals surface area contributed by atoms with Crippen LogP contribution in [-0.4, -0.2) is 29.8 Å². The molecular weight excluding hydrogens is 260 g/mol. The Morgan fingerprint density at radius 1 is 1.47 bits per heavy atom. The topological polar surface area (TPSA) is 63.4 Å². The summed E-state index contributed by atoms with van der Waals surface area (Å²) in [7, 11) is 0. The van der Waals surface area contributed by atoms with Crippen molar-refractivity contribution >= 4 is 23.2 Å². The molecule has 1 unspecified atom stereocenters. The van der Waals surface area contributed by atoms with Gasteiger partial charge in [-0.25, -0.2) is 0 Å². The maximum atomic E-state index is 12.1. The quantitative estimate of drug-likeness (QED) is 0.894. The second-order valence-corrected chi connectivity index (χ2v) is 6.05. The Kier molecular flexibility index (Phi) is 4.96. The largest absolute Gasteiger partial charge is 0.369 e. The van der Waals surface area contributed by atoms with Crippen molar-refractivity contribution in [2.45, 2.75) is 32.1 Å². The molecule has 4 nitrogen and oxygen atoms in total. The highest BCUT2D eigenvalue weighted by Gasteiger charge is 2.26. The van der Waals surface area contributed by atoms with Crippen LogP contribution in [0.5, 0.6) is 0 Å². The lowest BCUT2D eigenvalue weighted by atomic mass is 9.97. The first kappa shape index (κ1) is 14.1. The lowest BCUT2D eigenvalue weighted by Gasteiger charge is -2.31. The number of carbonyl (C=O) groups is 2. The molecule has 1 atom stereocenters. The number of aryl methyl sites for hydroxylation is 1. The Bertz CT molecular complexity index is 431. The van der Waals surface area contributed by atoms with Crippen molar-refractivity contribution in [1.29, 1.82) is 0 Å². The van der Waals surface area contributed by atoms with Gasteiger partial charge >= 0.3 is 0 Å². The van der Waals surface area contributed by atoms with Crippen LogP contribution in [0.1, 0.15) is 30.6 Å². The Labute approximate surface area is 117 Å². The van der Waals surface area contributed by atoms with E-state index in [9.17, 15) is 9.59 Å². The second kappa shape index (κ2) is 6.70. The van der Waals surface area contributed by atoms with E-state index in [0.717, 1.165) is 32.2 Å². The summed E-state index contributed by atoms with van der Waals surface area (Å²) in [6, 6.07) is 4.13. The van der Waals surface area contributed by atoms with Gasteiger partial charge in [-0.05, 0) is 37.1 Å². The van der Waals surface area contributed by atoms with Crippen LogP contribution in [0.15, 0.2) is 17.5 Å². The van der Waals surface area contributed by atoms with Gasteiger partial charge < -0.3 is 10.6 Å². The van der Waals surface area contributed by atoms with Crippen LogP contribution in [0, 0.1) is 5.92 Å². The van der Waals surface area contributed by atoms with Gasteiger partial charge in [0.2, 0.25) is 11.8 Å². The number of hydrogen-bond donors (Lipinski definition) is 1. The highest BCUT2D eigenvalue weighted by Crippen LogP contribution is 2.18. The van der Waals surface area contributed by atoms with Crippen molar-refractivity contribution in [3.05, 3.63) is 22.4 Å². The zero-order valence-electron chi connectivity index (χ0n) is 11.0. The monoisotopic (exact) mass is 280 g/mol. The molecule has 2 amide bonds. The predicted molar refractivity (Wildman–Crippen MR) is 75.8 cm³/mol. The fourth-order valence-electron chi connectivity index (χ4n) is 2.46. The van der Waals surface area contributed by atoms with Crippen molar-refractivity contribution in [1.82, 2.24) is 4.90 Å². The third-order valence-corrected chi connectivity index (χ3v) is 4.51. The molecule has 0 spiro atoms. The summed E-state index contributed by atoms with van der Waals surface area (Å²) >= 11 is 1.73. The summed E-state index contributed by atoms with van der Waals surface area (Å²) in [5.74, 6) is -0.284. The lowest BCUT2D eigenvalue weighted by molar-refractivity contribution is -0.135. The summed E-state index contributed by atoms with van der Waals surface area (Å²) in [6.07, 6.45) is 4.08. The van der Waals surface area contributed by atoms with E-state index in [4.69, 9.17) is 5.73 Å². The number of nitrogens with zero attached hydrogens (tertiary/aromatic N) is 1. The van der Waals surface area contributed by atoms with Gasteiger partial charge in [0.25, 0.3) is 0 Å². The molecule has 1 aromatic heterocycles. The van der Waals surface area contributed by atoms with Crippen LogP contribution in [-0.2, 0) is 16.0 Å². The Morgan fingerprint density at radius 2 is 2.32 bits per heavy atom. The fraction of sp³-hybridized carbons (Fsp3) is 0.571. The predicted octanol–water partition coefficient (Wildman–Crippen LogP) is 1.79. The average molecular weight is 280 g/mol. The number of rotatable bonds is 5. The Hall–Kier alpha value is -1.36. The van der Waals surface area contributed by atoms with E-state index in [2.05, 4.69) is 11.4 Å². The minimum absolute atomic E-state index is 0.155. The summed E-state index contributed by atoms with van der Waals surface area (Å²) in [5.41, 5.74) is 5.32. The molecule has 1 aliphatic heterocycles. The molecule has 104 valence electrons. The molecule has 2 rings (SSSR count). The van der Waals surface area contributed by atoms with Gasteiger partial charge in [0.05, 0.1) is 5.92 Å². The lowest BCUT2D eigenvalue weighted by Crippen LogP contribution is -2.44. The number of carbonyl (C=O) groups excluding carboxylic acids is 2. The maximum absolute atomic E-state index is 12.1. The number of nitrogens with two attached hydrogens (primary N) is 1. The zero-order chi connectivity index (χ0) is 13.7. The molecule has 1 fully saturated rings. The standard InChI is InChI=1S/C14H20N2O2S/c15-14(18)11-4-2-8-16(10-11)13(17)7-1-5-12-6-3-9-19-12/h3,6,9,11H,1-2,4-5,7-8,10H2,(H2,15,18). The molecule has 1 aliphatic rings. The first-order valence-corrected chi connectivity index (χ1v) is 7.64. The Morgan fingerprint density at radius 3 is 3.00 bits per heavy atom. The third kappa shape index (κ3) is 4.06. The number of amides is 2. The third-order valence-electron chi connectivity index (χ3n) is 3.57. The molecule has 0 radical (unpaired) electrons. The van der Waals surface area contributed by atoms with Crippen LogP contribution in [0.4, 0.5) is 0 Å². The first-order valence-electron chi connectivity index (χ1n) is 6.76.